The Labute approximate surface area is 103 Å². The van der Waals surface area contributed by atoms with Gasteiger partial charge < -0.3 is 5.32 Å². The van der Waals surface area contributed by atoms with Crippen LogP contribution in [0.1, 0.15) is 30.8 Å². The lowest BCUT2D eigenvalue weighted by Gasteiger charge is -2.15. The summed E-state index contributed by atoms with van der Waals surface area (Å²) in [6.45, 7) is 2.05. The van der Waals surface area contributed by atoms with Gasteiger partial charge in [-0.05, 0) is 26.0 Å². The average molecular weight is 259 g/mol. The maximum Gasteiger partial charge on any atom is 0.147 e. The average Bonchev–Trinajstić information content (AvgIpc) is 2.60. The highest BCUT2D eigenvalue weighted by molar-refractivity contribution is 7.90. The Morgan fingerprint density at radius 2 is 2.18 bits per heavy atom. The molecular weight excluding hydrogens is 238 g/mol. The summed E-state index contributed by atoms with van der Waals surface area (Å²) in [5, 5.41) is 7.51. The van der Waals surface area contributed by atoms with E-state index < -0.39 is 9.84 Å². The number of hydrogen-bond acceptors (Lipinski definition) is 4. The first-order chi connectivity index (χ1) is 7.87. The Balaban J connectivity index is 2.82. The zero-order chi connectivity index (χ0) is 13.1. The Hall–Kier alpha value is -0.880. The van der Waals surface area contributed by atoms with Gasteiger partial charge in [-0.3, -0.25) is 4.68 Å². The largest absolute Gasteiger partial charge is 0.312 e. The van der Waals surface area contributed by atoms with E-state index >= 15 is 0 Å². The fourth-order valence-electron chi connectivity index (χ4n) is 1.81. The van der Waals surface area contributed by atoms with Crippen LogP contribution in [-0.4, -0.2) is 37.3 Å². The number of hydrogen-bond donors (Lipinski definition) is 1. The molecule has 0 aliphatic carbocycles. The Morgan fingerprint density at radius 1 is 1.53 bits per heavy atom. The molecule has 5 nitrogen and oxygen atoms in total. The fraction of sp³-hybridized carbons (Fsp3) is 0.727. The molecule has 0 radical (unpaired) electrons. The molecule has 1 aromatic rings. The lowest BCUT2D eigenvalue weighted by molar-refractivity contribution is 0.520. The van der Waals surface area contributed by atoms with Crippen molar-refractivity contribution in [2.75, 3.05) is 19.1 Å². The molecule has 1 heterocycles. The molecule has 0 aliphatic heterocycles. The van der Waals surface area contributed by atoms with Crippen LogP contribution in [0.5, 0.6) is 0 Å². The van der Waals surface area contributed by atoms with Crippen molar-refractivity contribution < 1.29 is 8.42 Å². The van der Waals surface area contributed by atoms with Crippen molar-refractivity contribution in [3.05, 3.63) is 17.5 Å². The number of aromatic nitrogens is 2. The van der Waals surface area contributed by atoms with Crippen molar-refractivity contribution in [2.24, 2.45) is 7.05 Å². The standard InChI is InChI=1S/C11H21N3O2S/c1-5-9-8-11(14(3)13-9)10(12-2)6-7-17(4,15)16/h8,10,12H,5-7H2,1-4H3. The predicted molar refractivity (Wildman–Crippen MR) is 68.7 cm³/mol. The molecule has 1 N–H and O–H groups in total. The van der Waals surface area contributed by atoms with Gasteiger partial charge >= 0.3 is 0 Å². The van der Waals surface area contributed by atoms with E-state index in [0.717, 1.165) is 17.8 Å². The van der Waals surface area contributed by atoms with Gasteiger partial charge in [0.1, 0.15) is 9.84 Å². The van der Waals surface area contributed by atoms with Gasteiger partial charge in [-0.1, -0.05) is 6.92 Å². The molecule has 98 valence electrons. The summed E-state index contributed by atoms with van der Waals surface area (Å²) in [5.74, 6) is 0.186. The topological polar surface area (TPSA) is 64.0 Å². The number of sulfone groups is 1. The predicted octanol–water partition coefficient (Wildman–Crippen LogP) is 0.678. The molecule has 0 saturated carbocycles. The van der Waals surface area contributed by atoms with Crippen molar-refractivity contribution in [3.63, 3.8) is 0 Å². The third-order valence-corrected chi connectivity index (χ3v) is 3.79. The van der Waals surface area contributed by atoms with Gasteiger partial charge in [0.25, 0.3) is 0 Å². The van der Waals surface area contributed by atoms with E-state index in [9.17, 15) is 8.42 Å². The summed E-state index contributed by atoms with van der Waals surface area (Å²) in [6, 6.07) is 2.06. The molecule has 0 aliphatic rings. The molecular formula is C11H21N3O2S. The molecule has 0 spiro atoms. The van der Waals surface area contributed by atoms with Crippen LogP contribution in [0, 0.1) is 0 Å². The van der Waals surface area contributed by atoms with Crippen LogP contribution in [-0.2, 0) is 23.3 Å². The summed E-state index contributed by atoms with van der Waals surface area (Å²) in [5.41, 5.74) is 2.06. The SMILES string of the molecule is CCc1cc(C(CCS(C)(=O)=O)NC)n(C)n1. The normalized spacial score (nSPS) is 13.9. The van der Waals surface area contributed by atoms with E-state index in [1.165, 1.54) is 6.26 Å². The second kappa shape index (κ2) is 5.64. The van der Waals surface area contributed by atoms with E-state index in [4.69, 9.17) is 0 Å². The van der Waals surface area contributed by atoms with Crippen molar-refractivity contribution in [1.29, 1.82) is 0 Å². The fourth-order valence-corrected chi connectivity index (χ4v) is 2.48. The molecule has 6 heteroatoms. The van der Waals surface area contributed by atoms with Crippen LogP contribution < -0.4 is 5.32 Å². The molecule has 17 heavy (non-hydrogen) atoms. The van der Waals surface area contributed by atoms with Gasteiger partial charge in [0, 0.05) is 19.3 Å². The van der Waals surface area contributed by atoms with Gasteiger partial charge in [-0.15, -0.1) is 0 Å². The summed E-state index contributed by atoms with van der Waals surface area (Å²) in [4.78, 5) is 0. The summed E-state index contributed by atoms with van der Waals surface area (Å²) >= 11 is 0. The molecule has 0 saturated heterocycles. The van der Waals surface area contributed by atoms with Gasteiger partial charge in [0.05, 0.1) is 17.1 Å². The number of aryl methyl sites for hydroxylation is 2. The second-order valence-corrected chi connectivity index (χ2v) is 6.56. The highest BCUT2D eigenvalue weighted by atomic mass is 32.2. The van der Waals surface area contributed by atoms with E-state index in [2.05, 4.69) is 17.3 Å². The van der Waals surface area contributed by atoms with Crippen LogP contribution in [0.4, 0.5) is 0 Å². The smallest absolute Gasteiger partial charge is 0.147 e. The molecule has 0 aromatic carbocycles. The molecule has 1 aromatic heterocycles. The monoisotopic (exact) mass is 259 g/mol. The maximum atomic E-state index is 11.2. The zero-order valence-corrected chi connectivity index (χ0v) is 11.7. The van der Waals surface area contributed by atoms with Crippen molar-refractivity contribution in [2.45, 2.75) is 25.8 Å². The minimum atomic E-state index is -2.92. The summed E-state index contributed by atoms with van der Waals surface area (Å²) in [7, 11) is 0.808. The molecule has 0 amide bonds. The molecule has 0 fully saturated rings. The van der Waals surface area contributed by atoms with E-state index in [1.807, 2.05) is 24.8 Å². The van der Waals surface area contributed by atoms with E-state index in [-0.39, 0.29) is 11.8 Å². The van der Waals surface area contributed by atoms with Gasteiger partial charge in [-0.25, -0.2) is 8.42 Å². The van der Waals surface area contributed by atoms with E-state index in [1.54, 1.807) is 0 Å². The Kier molecular flexibility index (Phi) is 4.70. The number of rotatable bonds is 6. The van der Waals surface area contributed by atoms with Crippen LogP contribution in [0.15, 0.2) is 6.07 Å². The van der Waals surface area contributed by atoms with Crippen molar-refractivity contribution in [1.82, 2.24) is 15.1 Å². The Morgan fingerprint density at radius 3 is 2.59 bits per heavy atom. The molecule has 0 bridgehead atoms. The highest BCUT2D eigenvalue weighted by Gasteiger charge is 2.16. The van der Waals surface area contributed by atoms with Crippen LogP contribution in [0.25, 0.3) is 0 Å². The quantitative estimate of drug-likeness (QED) is 0.816. The first-order valence-corrected chi connectivity index (χ1v) is 7.81. The number of nitrogens with zero attached hydrogens (tertiary/aromatic N) is 2. The summed E-state index contributed by atoms with van der Waals surface area (Å²) in [6.07, 6.45) is 2.72. The third kappa shape index (κ3) is 4.12. The first kappa shape index (κ1) is 14.2. The summed E-state index contributed by atoms with van der Waals surface area (Å²) < 4.78 is 24.2. The second-order valence-electron chi connectivity index (χ2n) is 4.30. The maximum absolute atomic E-state index is 11.2. The first-order valence-electron chi connectivity index (χ1n) is 5.75. The Bertz CT molecular complexity index is 465. The lowest BCUT2D eigenvalue weighted by Crippen LogP contribution is -2.22. The zero-order valence-electron chi connectivity index (χ0n) is 10.9. The number of nitrogens with one attached hydrogen (secondary N) is 1. The van der Waals surface area contributed by atoms with Gasteiger partial charge in [0.2, 0.25) is 0 Å². The molecule has 1 unspecified atom stereocenters. The highest BCUT2D eigenvalue weighted by Crippen LogP contribution is 2.18. The van der Waals surface area contributed by atoms with E-state index in [0.29, 0.717) is 6.42 Å². The van der Waals surface area contributed by atoms with Crippen LogP contribution in [0.2, 0.25) is 0 Å². The minimum absolute atomic E-state index is 0.0301. The van der Waals surface area contributed by atoms with Crippen LogP contribution >= 0.6 is 0 Å². The minimum Gasteiger partial charge on any atom is -0.312 e. The third-order valence-electron chi connectivity index (χ3n) is 2.81. The van der Waals surface area contributed by atoms with Gasteiger partial charge in [0.15, 0.2) is 0 Å². The van der Waals surface area contributed by atoms with Crippen molar-refractivity contribution in [3.8, 4) is 0 Å². The molecule has 1 rings (SSSR count). The van der Waals surface area contributed by atoms with Crippen LogP contribution in [0.3, 0.4) is 0 Å². The molecule has 1 atom stereocenters. The van der Waals surface area contributed by atoms with Gasteiger partial charge in [-0.2, -0.15) is 5.10 Å². The van der Waals surface area contributed by atoms with Crippen molar-refractivity contribution >= 4 is 9.84 Å². The lowest BCUT2D eigenvalue weighted by atomic mass is 10.1.